The summed E-state index contributed by atoms with van der Waals surface area (Å²) in [6.45, 7) is 0. The number of esters is 1. The molecule has 9 heteroatoms. The van der Waals surface area contributed by atoms with Gasteiger partial charge in [-0.05, 0) is 29.8 Å². The third kappa shape index (κ3) is 4.42. The van der Waals surface area contributed by atoms with E-state index in [1.807, 2.05) is 30.3 Å². The van der Waals surface area contributed by atoms with Crippen LogP contribution in [0.2, 0.25) is 0 Å². The summed E-state index contributed by atoms with van der Waals surface area (Å²) in [5.41, 5.74) is 0.975. The first-order chi connectivity index (χ1) is 15.0. The molecular weight excluding hydrogens is 436 g/mol. The molecule has 160 valence electrons. The van der Waals surface area contributed by atoms with Crippen LogP contribution in [0.3, 0.4) is 0 Å². The van der Waals surface area contributed by atoms with Gasteiger partial charge in [0.2, 0.25) is 5.91 Å². The van der Waals surface area contributed by atoms with E-state index in [-0.39, 0.29) is 29.3 Å². The average molecular weight is 457 g/mol. The zero-order valence-electron chi connectivity index (χ0n) is 16.6. The topological polar surface area (TPSA) is 84.9 Å². The molecule has 31 heavy (non-hydrogen) atoms. The van der Waals surface area contributed by atoms with E-state index in [4.69, 9.17) is 9.47 Å². The Hall–Kier alpha value is -2.91. The number of β-lactam (4-membered cyclic amide) rings is 1. The number of carbonyl (C=O) groups excluding carboxylic acids is 3. The normalized spacial score (nSPS) is 19.9. The number of ether oxygens (including phenoxy) is 2. The van der Waals surface area contributed by atoms with Crippen molar-refractivity contribution in [2.24, 2.45) is 0 Å². The van der Waals surface area contributed by atoms with Crippen molar-refractivity contribution in [3.05, 3.63) is 70.8 Å². The number of methoxy groups -OCH3 is 1. The van der Waals surface area contributed by atoms with Crippen molar-refractivity contribution in [2.75, 3.05) is 12.9 Å². The molecule has 0 unspecified atom stereocenters. The Morgan fingerprint density at radius 1 is 1.13 bits per heavy atom. The van der Waals surface area contributed by atoms with Gasteiger partial charge in [-0.2, -0.15) is 0 Å². The molecule has 0 bridgehead atoms. The molecule has 0 saturated carbocycles. The zero-order chi connectivity index (χ0) is 22.0. The highest BCUT2D eigenvalue weighted by Gasteiger charge is 2.54. The second-order valence-electron chi connectivity index (χ2n) is 6.98. The zero-order valence-corrected chi connectivity index (χ0v) is 18.3. The van der Waals surface area contributed by atoms with Gasteiger partial charge in [0.15, 0.2) is 0 Å². The minimum absolute atomic E-state index is 0.112. The van der Waals surface area contributed by atoms with Crippen LogP contribution in [-0.4, -0.2) is 47.0 Å². The average Bonchev–Trinajstić information content (AvgIpc) is 2.78. The van der Waals surface area contributed by atoms with Crippen molar-refractivity contribution >= 4 is 42.2 Å². The molecule has 2 aliphatic heterocycles. The van der Waals surface area contributed by atoms with Gasteiger partial charge in [0, 0.05) is 10.7 Å². The lowest BCUT2D eigenvalue weighted by Crippen LogP contribution is -2.70. The van der Waals surface area contributed by atoms with Gasteiger partial charge in [0.25, 0.3) is 5.91 Å². The first kappa shape index (κ1) is 21.3. The van der Waals surface area contributed by atoms with Crippen LogP contribution >= 0.6 is 24.4 Å². The maximum absolute atomic E-state index is 12.8. The third-order valence-corrected chi connectivity index (χ3v) is 6.80. The monoisotopic (exact) mass is 456 g/mol. The highest BCUT2D eigenvalue weighted by molar-refractivity contribution is 8.01. The van der Waals surface area contributed by atoms with Crippen molar-refractivity contribution in [1.29, 1.82) is 0 Å². The molecule has 2 heterocycles. The number of thiol groups is 1. The second kappa shape index (κ2) is 9.07. The molecule has 2 atom stereocenters. The maximum Gasteiger partial charge on any atom is 0.361 e. The quantitative estimate of drug-likeness (QED) is 0.301. The van der Waals surface area contributed by atoms with E-state index in [1.54, 1.807) is 31.4 Å². The van der Waals surface area contributed by atoms with Crippen molar-refractivity contribution in [3.63, 3.8) is 0 Å². The number of thioether (sulfide) groups is 1. The van der Waals surface area contributed by atoms with Crippen molar-refractivity contribution < 1.29 is 23.9 Å². The summed E-state index contributed by atoms with van der Waals surface area (Å²) < 4.78 is 10.5. The highest BCUT2D eigenvalue weighted by Crippen LogP contribution is 2.41. The van der Waals surface area contributed by atoms with Gasteiger partial charge < -0.3 is 14.8 Å². The van der Waals surface area contributed by atoms with Crippen LogP contribution in [0.15, 0.2) is 65.2 Å². The summed E-state index contributed by atoms with van der Waals surface area (Å²) in [4.78, 5) is 39.8. The first-order valence-corrected chi connectivity index (χ1v) is 11.0. The number of carbonyl (C=O) groups is 3. The summed E-state index contributed by atoms with van der Waals surface area (Å²) >= 11 is 5.84. The van der Waals surface area contributed by atoms with Gasteiger partial charge in [0.05, 0.1) is 13.5 Å². The first-order valence-electron chi connectivity index (χ1n) is 9.54. The highest BCUT2D eigenvalue weighted by atomic mass is 32.2. The summed E-state index contributed by atoms with van der Waals surface area (Å²) in [6.07, 6.45) is 0.183. The molecule has 0 spiro atoms. The van der Waals surface area contributed by atoms with Gasteiger partial charge in [-0.1, -0.05) is 30.3 Å². The van der Waals surface area contributed by atoms with E-state index < -0.39 is 12.0 Å². The Morgan fingerprint density at radius 2 is 1.81 bits per heavy atom. The predicted octanol–water partition coefficient (Wildman–Crippen LogP) is 2.38. The van der Waals surface area contributed by atoms with E-state index in [2.05, 4.69) is 17.9 Å². The molecule has 0 aliphatic carbocycles. The number of rotatable bonds is 6. The lowest BCUT2D eigenvalue weighted by molar-refractivity contribution is -0.149. The van der Waals surface area contributed by atoms with E-state index in [1.165, 1.54) is 16.7 Å². The Kier molecular flexibility index (Phi) is 6.24. The van der Waals surface area contributed by atoms with E-state index in [0.717, 1.165) is 5.56 Å². The molecule has 2 aromatic rings. The summed E-state index contributed by atoms with van der Waals surface area (Å²) in [5, 5.41) is 2.41. The van der Waals surface area contributed by atoms with Crippen LogP contribution in [0, 0.1) is 0 Å². The number of hydrogen-bond donors (Lipinski definition) is 2. The minimum atomic E-state index is -0.688. The molecule has 7 nitrogen and oxygen atoms in total. The predicted molar refractivity (Wildman–Crippen MR) is 120 cm³/mol. The number of hydrogen-bond acceptors (Lipinski definition) is 7. The van der Waals surface area contributed by atoms with Gasteiger partial charge in [0.1, 0.15) is 28.6 Å². The Balaban J connectivity index is 1.42. The summed E-state index contributed by atoms with van der Waals surface area (Å²) in [5.74, 6) is 0.141. The lowest BCUT2D eigenvalue weighted by Gasteiger charge is -2.49. The largest absolute Gasteiger partial charge is 0.497 e. The molecular formula is C22H20N2O5S2. The number of nitrogens with one attached hydrogen (secondary N) is 1. The molecule has 1 fully saturated rings. The standard InChI is InChI=1S/C22H20N2O5S2/c1-28-14-7-9-15(10-8-14)29-22(27)19-16(30)12-31-21-18(20(26)24(19)21)23-17(25)11-13-5-3-2-4-6-13/h2-10,18,21,30H,11-12H2,1H3,(H,23,25)/t18-,21+/m1/s1. The second-order valence-corrected chi connectivity index (χ2v) is 8.62. The molecule has 0 radical (unpaired) electrons. The van der Waals surface area contributed by atoms with Gasteiger partial charge in [-0.15, -0.1) is 24.4 Å². The number of nitrogens with zero attached hydrogens (tertiary/aromatic N) is 1. The molecule has 1 N–H and O–H groups in total. The summed E-state index contributed by atoms with van der Waals surface area (Å²) in [7, 11) is 1.55. The number of fused-ring (bicyclic) bond motifs is 1. The van der Waals surface area contributed by atoms with Crippen molar-refractivity contribution in [2.45, 2.75) is 17.8 Å². The molecule has 2 aliphatic rings. The van der Waals surface area contributed by atoms with Crippen LogP contribution in [0.25, 0.3) is 0 Å². The molecule has 2 aromatic carbocycles. The van der Waals surface area contributed by atoms with Gasteiger partial charge in [-0.25, -0.2) is 4.79 Å². The summed E-state index contributed by atoms with van der Waals surface area (Å²) in [6, 6.07) is 15.2. The fourth-order valence-corrected chi connectivity index (χ4v) is 5.02. The molecule has 2 amide bonds. The van der Waals surface area contributed by atoms with E-state index >= 15 is 0 Å². The minimum Gasteiger partial charge on any atom is -0.497 e. The van der Waals surface area contributed by atoms with Crippen LogP contribution in [0.1, 0.15) is 5.56 Å². The SMILES string of the molecule is COc1ccc(OC(=O)C2=C(S)CS[C@H]3[C@H](NC(=O)Cc4ccccc4)C(=O)N23)cc1. The van der Waals surface area contributed by atoms with Crippen molar-refractivity contribution in [3.8, 4) is 11.5 Å². The Labute approximate surface area is 189 Å². The van der Waals surface area contributed by atoms with Crippen molar-refractivity contribution in [1.82, 2.24) is 10.2 Å². The van der Waals surface area contributed by atoms with Crippen LogP contribution < -0.4 is 14.8 Å². The fourth-order valence-electron chi connectivity index (χ4n) is 3.40. The van der Waals surface area contributed by atoms with Crippen LogP contribution in [0.5, 0.6) is 11.5 Å². The van der Waals surface area contributed by atoms with Gasteiger partial charge in [-0.3, -0.25) is 14.5 Å². The van der Waals surface area contributed by atoms with Crippen LogP contribution in [-0.2, 0) is 20.8 Å². The number of amides is 2. The fraction of sp³-hybridized carbons (Fsp3) is 0.227. The number of benzene rings is 2. The molecule has 4 rings (SSSR count). The Bertz CT molecular complexity index is 1040. The van der Waals surface area contributed by atoms with Gasteiger partial charge >= 0.3 is 5.97 Å². The third-order valence-electron chi connectivity index (χ3n) is 4.94. The lowest BCUT2D eigenvalue weighted by atomic mass is 10.0. The molecule has 1 saturated heterocycles. The Morgan fingerprint density at radius 3 is 2.48 bits per heavy atom. The van der Waals surface area contributed by atoms with Crippen LogP contribution in [0.4, 0.5) is 0 Å². The van der Waals surface area contributed by atoms with E-state index in [0.29, 0.717) is 22.2 Å². The van der Waals surface area contributed by atoms with E-state index in [9.17, 15) is 14.4 Å². The smallest absolute Gasteiger partial charge is 0.361 e. The maximum atomic E-state index is 12.8. The molecule has 0 aromatic heterocycles.